The number of aryl methyl sites for hydroxylation is 1. The lowest BCUT2D eigenvalue weighted by molar-refractivity contribution is -0.145. The molecule has 0 aliphatic carbocycles. The van der Waals surface area contributed by atoms with Gasteiger partial charge in [-0.3, -0.25) is 9.59 Å². The maximum absolute atomic E-state index is 12.8. The van der Waals surface area contributed by atoms with Crippen LogP contribution in [0.1, 0.15) is 12.5 Å². The van der Waals surface area contributed by atoms with Crippen LogP contribution in [-0.4, -0.2) is 29.7 Å². The number of benzene rings is 2. The lowest BCUT2D eigenvalue weighted by Gasteiger charge is -2.11. The Hall–Kier alpha value is -3.61. The van der Waals surface area contributed by atoms with Crippen LogP contribution in [0.5, 0.6) is 5.75 Å². The first-order valence-corrected chi connectivity index (χ1v) is 9.25. The summed E-state index contributed by atoms with van der Waals surface area (Å²) in [5.41, 5.74) is 1.45. The Balaban J connectivity index is 1.77. The van der Waals surface area contributed by atoms with Gasteiger partial charge in [-0.05, 0) is 44.2 Å². The number of carbonyl (C=O) groups excluding carboxylic acids is 2. The minimum absolute atomic E-state index is 0.115. The van der Waals surface area contributed by atoms with Crippen molar-refractivity contribution in [1.29, 1.82) is 0 Å². The molecule has 3 aromatic rings. The van der Waals surface area contributed by atoms with Crippen molar-refractivity contribution in [2.24, 2.45) is 0 Å². The fourth-order valence-corrected chi connectivity index (χ4v) is 2.87. The first-order chi connectivity index (χ1) is 14.0. The molecule has 150 valence electrons. The van der Waals surface area contributed by atoms with Gasteiger partial charge in [0.25, 0.3) is 5.56 Å². The molecule has 0 fully saturated rings. The predicted molar refractivity (Wildman–Crippen MR) is 110 cm³/mol. The summed E-state index contributed by atoms with van der Waals surface area (Å²) in [5.74, 6) is -0.375. The summed E-state index contributed by atoms with van der Waals surface area (Å²) in [5, 5.41) is 3.74. The van der Waals surface area contributed by atoms with Gasteiger partial charge in [-0.25, -0.2) is 4.79 Å². The van der Waals surface area contributed by atoms with Gasteiger partial charge in [0.2, 0.25) is 5.91 Å². The molecule has 0 unspecified atom stereocenters. The molecule has 29 heavy (non-hydrogen) atoms. The van der Waals surface area contributed by atoms with Gasteiger partial charge in [-0.1, -0.05) is 23.8 Å². The molecule has 0 aliphatic rings. The summed E-state index contributed by atoms with van der Waals surface area (Å²) in [6, 6.07) is 14.1. The number of rotatable bonds is 7. The SMILES string of the molecule is CCOC(=O)COc1cccc2c(=O)n(CC(=O)Nc3ccc(C)cc3)ccc12. The van der Waals surface area contributed by atoms with Crippen LogP contribution < -0.4 is 15.6 Å². The first-order valence-electron chi connectivity index (χ1n) is 9.25. The molecule has 0 radical (unpaired) electrons. The summed E-state index contributed by atoms with van der Waals surface area (Å²) in [6.07, 6.45) is 1.54. The van der Waals surface area contributed by atoms with Gasteiger partial charge in [0.05, 0.1) is 12.0 Å². The van der Waals surface area contributed by atoms with Gasteiger partial charge in [0, 0.05) is 17.3 Å². The van der Waals surface area contributed by atoms with E-state index in [1.54, 1.807) is 31.2 Å². The quantitative estimate of drug-likeness (QED) is 0.623. The average molecular weight is 394 g/mol. The van der Waals surface area contributed by atoms with Crippen LogP contribution >= 0.6 is 0 Å². The molecule has 7 nitrogen and oxygen atoms in total. The molecule has 0 atom stereocenters. The van der Waals surface area contributed by atoms with Gasteiger partial charge in [0.15, 0.2) is 6.61 Å². The zero-order valence-electron chi connectivity index (χ0n) is 16.3. The number of anilines is 1. The highest BCUT2D eigenvalue weighted by Gasteiger charge is 2.11. The van der Waals surface area contributed by atoms with Gasteiger partial charge in [0.1, 0.15) is 12.3 Å². The van der Waals surface area contributed by atoms with Crippen LogP contribution in [0.2, 0.25) is 0 Å². The number of hydrogen-bond donors (Lipinski definition) is 1. The number of pyridine rings is 1. The van der Waals surface area contributed by atoms with Crippen LogP contribution in [0.25, 0.3) is 10.8 Å². The second-order valence-corrected chi connectivity index (χ2v) is 6.47. The van der Waals surface area contributed by atoms with Gasteiger partial charge < -0.3 is 19.4 Å². The zero-order valence-corrected chi connectivity index (χ0v) is 16.3. The second kappa shape index (κ2) is 9.05. The van der Waals surface area contributed by atoms with Crippen molar-refractivity contribution in [3.63, 3.8) is 0 Å². The lowest BCUT2D eigenvalue weighted by atomic mass is 10.1. The Morgan fingerprint density at radius 1 is 1.03 bits per heavy atom. The molecule has 0 spiro atoms. The van der Waals surface area contributed by atoms with Crippen molar-refractivity contribution in [2.45, 2.75) is 20.4 Å². The molecular weight excluding hydrogens is 372 g/mol. The molecule has 1 N–H and O–H groups in total. The van der Waals surface area contributed by atoms with Crippen LogP contribution in [0.3, 0.4) is 0 Å². The van der Waals surface area contributed by atoms with Crippen molar-refractivity contribution in [3.8, 4) is 5.75 Å². The summed E-state index contributed by atoms with van der Waals surface area (Å²) in [4.78, 5) is 36.6. The van der Waals surface area contributed by atoms with Crippen molar-refractivity contribution in [3.05, 3.63) is 70.6 Å². The standard InChI is InChI=1S/C22H22N2O5/c1-3-28-21(26)14-29-19-6-4-5-18-17(19)11-12-24(22(18)27)13-20(25)23-16-9-7-15(2)8-10-16/h4-12H,3,13-14H2,1-2H3,(H,23,25). The smallest absolute Gasteiger partial charge is 0.344 e. The molecule has 1 heterocycles. The highest BCUT2D eigenvalue weighted by Crippen LogP contribution is 2.23. The van der Waals surface area contributed by atoms with Crippen LogP contribution in [-0.2, 0) is 20.9 Å². The molecule has 3 rings (SSSR count). The van der Waals surface area contributed by atoms with E-state index >= 15 is 0 Å². The van der Waals surface area contributed by atoms with Crippen LogP contribution in [0, 0.1) is 6.92 Å². The highest BCUT2D eigenvalue weighted by molar-refractivity contribution is 5.91. The Morgan fingerprint density at radius 2 is 1.79 bits per heavy atom. The minimum atomic E-state index is -0.481. The fraction of sp³-hybridized carbons (Fsp3) is 0.227. The number of aromatic nitrogens is 1. The largest absolute Gasteiger partial charge is 0.481 e. The maximum atomic E-state index is 12.8. The Morgan fingerprint density at radius 3 is 2.52 bits per heavy atom. The van der Waals surface area contributed by atoms with Gasteiger partial charge in [-0.15, -0.1) is 0 Å². The minimum Gasteiger partial charge on any atom is -0.481 e. The summed E-state index contributed by atoms with van der Waals surface area (Å²) in [6.45, 7) is 3.59. The second-order valence-electron chi connectivity index (χ2n) is 6.47. The van der Waals surface area contributed by atoms with Gasteiger partial charge in [-0.2, -0.15) is 0 Å². The molecular formula is C22H22N2O5. The number of esters is 1. The number of hydrogen-bond acceptors (Lipinski definition) is 5. The summed E-state index contributed by atoms with van der Waals surface area (Å²) >= 11 is 0. The zero-order chi connectivity index (χ0) is 20.8. The number of nitrogens with one attached hydrogen (secondary N) is 1. The van der Waals surface area contributed by atoms with E-state index in [1.807, 2.05) is 31.2 Å². The van der Waals surface area contributed by atoms with Crippen LogP contribution in [0.15, 0.2) is 59.5 Å². The van der Waals surface area contributed by atoms with Gasteiger partial charge >= 0.3 is 5.97 Å². The number of carbonyl (C=O) groups is 2. The predicted octanol–water partition coefficient (Wildman–Crippen LogP) is 2.89. The van der Waals surface area contributed by atoms with Crippen molar-refractivity contribution < 1.29 is 19.1 Å². The molecule has 2 aromatic carbocycles. The highest BCUT2D eigenvalue weighted by atomic mass is 16.6. The van der Waals surface area contributed by atoms with E-state index in [1.165, 1.54) is 10.8 Å². The lowest BCUT2D eigenvalue weighted by Crippen LogP contribution is -2.27. The summed E-state index contributed by atoms with van der Waals surface area (Å²) < 4.78 is 11.7. The number of fused-ring (bicyclic) bond motifs is 1. The molecule has 0 saturated carbocycles. The van der Waals surface area contributed by atoms with Crippen molar-refractivity contribution in [1.82, 2.24) is 4.57 Å². The monoisotopic (exact) mass is 394 g/mol. The van der Waals surface area contributed by atoms with E-state index in [-0.39, 0.29) is 31.2 Å². The molecule has 1 aromatic heterocycles. The third-order valence-corrected chi connectivity index (χ3v) is 4.28. The normalized spacial score (nSPS) is 10.6. The van der Waals surface area contributed by atoms with Crippen LogP contribution in [0.4, 0.5) is 5.69 Å². The summed E-state index contributed by atoms with van der Waals surface area (Å²) in [7, 11) is 0. The van der Waals surface area contributed by atoms with E-state index in [0.717, 1.165) is 5.56 Å². The third-order valence-electron chi connectivity index (χ3n) is 4.28. The van der Waals surface area contributed by atoms with E-state index in [9.17, 15) is 14.4 Å². The number of ether oxygens (including phenoxy) is 2. The maximum Gasteiger partial charge on any atom is 0.344 e. The number of nitrogens with zero attached hydrogens (tertiary/aromatic N) is 1. The van der Waals surface area contributed by atoms with Crippen molar-refractivity contribution in [2.75, 3.05) is 18.5 Å². The molecule has 0 bridgehead atoms. The first kappa shape index (κ1) is 20.1. The van der Waals surface area contributed by atoms with E-state index in [2.05, 4.69) is 5.32 Å². The average Bonchev–Trinajstić information content (AvgIpc) is 2.70. The van der Waals surface area contributed by atoms with E-state index in [0.29, 0.717) is 22.2 Å². The molecule has 1 amide bonds. The Bertz CT molecular complexity index is 1090. The van der Waals surface area contributed by atoms with E-state index < -0.39 is 5.97 Å². The van der Waals surface area contributed by atoms with Crippen molar-refractivity contribution >= 4 is 28.3 Å². The number of amides is 1. The molecule has 0 saturated heterocycles. The third kappa shape index (κ3) is 5.01. The Labute approximate surface area is 167 Å². The topological polar surface area (TPSA) is 86.6 Å². The molecule has 7 heteroatoms. The van der Waals surface area contributed by atoms with E-state index in [4.69, 9.17) is 9.47 Å². The fourth-order valence-electron chi connectivity index (χ4n) is 2.87. The Kier molecular flexibility index (Phi) is 6.29. The molecule has 0 aliphatic heterocycles.